The molecule has 126 valence electrons. The maximum absolute atomic E-state index is 11.7. The van der Waals surface area contributed by atoms with Crippen LogP contribution in [-0.2, 0) is 8.87 Å². The maximum Gasteiger partial charge on any atom is 0.214 e. The molecule has 1 nitrogen and oxygen atoms in total. The zero-order chi connectivity index (χ0) is 17.0. The molecule has 1 fully saturated rings. The summed E-state index contributed by atoms with van der Waals surface area (Å²) < 4.78 is 1.83. The molecular weight excluding hydrogens is 428 g/mol. The molecule has 2 rings (SSSR count). The second kappa shape index (κ2) is 8.75. The van der Waals surface area contributed by atoms with Gasteiger partial charge in [-0.25, -0.2) is 0 Å². The largest absolute Gasteiger partial charge is 0.282 e. The predicted molar refractivity (Wildman–Crippen MR) is 115 cm³/mol. The van der Waals surface area contributed by atoms with Gasteiger partial charge in [0.25, 0.3) is 0 Å². The monoisotopic (exact) mass is 448 g/mol. The van der Waals surface area contributed by atoms with E-state index in [9.17, 15) is 4.79 Å². The number of benzene rings is 1. The van der Waals surface area contributed by atoms with Gasteiger partial charge < -0.3 is 0 Å². The molecule has 1 aromatic carbocycles. The number of thioether (sulfide) groups is 4. The summed E-state index contributed by atoms with van der Waals surface area (Å²) in [5.41, 5.74) is 2.01. The van der Waals surface area contributed by atoms with Gasteiger partial charge in [0.15, 0.2) is 0 Å². The fraction of sp³-hybridized carbons (Fsp3) is 0.471. The highest BCUT2D eigenvalue weighted by Crippen LogP contribution is 2.57. The molecule has 1 aromatic rings. The van der Waals surface area contributed by atoms with Gasteiger partial charge >= 0.3 is 0 Å². The molecule has 23 heavy (non-hydrogen) atoms. The zero-order valence-corrected chi connectivity index (χ0v) is 18.4. The third-order valence-corrected chi connectivity index (χ3v) is 10.7. The molecule has 1 aliphatic heterocycles. The van der Waals surface area contributed by atoms with Gasteiger partial charge in [0.2, 0.25) is 5.12 Å². The number of halogens is 1. The summed E-state index contributed by atoms with van der Waals surface area (Å²) in [7, 11) is 0. The lowest BCUT2D eigenvalue weighted by Crippen LogP contribution is -2.10. The summed E-state index contributed by atoms with van der Waals surface area (Å²) in [6, 6.07) is 8.65. The van der Waals surface area contributed by atoms with Crippen molar-refractivity contribution in [2.45, 2.75) is 34.7 Å². The Morgan fingerprint density at radius 3 is 2.74 bits per heavy atom. The van der Waals surface area contributed by atoms with Crippen LogP contribution in [0.2, 0.25) is 0 Å². The van der Waals surface area contributed by atoms with Crippen molar-refractivity contribution in [3.05, 3.63) is 46.5 Å². The van der Waals surface area contributed by atoms with Crippen LogP contribution in [0.1, 0.15) is 26.3 Å². The van der Waals surface area contributed by atoms with Crippen molar-refractivity contribution in [1.29, 1.82) is 0 Å². The van der Waals surface area contributed by atoms with Crippen LogP contribution in [-0.4, -0.2) is 26.5 Å². The Kier molecular flexibility index (Phi) is 7.54. The Balaban J connectivity index is 1.84. The summed E-state index contributed by atoms with van der Waals surface area (Å²) in [6.07, 6.45) is 0. The number of rotatable bonds is 6. The molecule has 0 N–H and O–H groups in total. The second-order valence-corrected chi connectivity index (χ2v) is 12.8. The minimum absolute atomic E-state index is 0.117. The summed E-state index contributed by atoms with van der Waals surface area (Å²) in [4.78, 5) is 11.7. The summed E-state index contributed by atoms with van der Waals surface area (Å²) >= 11 is 10.9. The van der Waals surface area contributed by atoms with Crippen molar-refractivity contribution in [1.82, 2.24) is 0 Å². The lowest BCUT2D eigenvalue weighted by molar-refractivity contribution is -0.107. The van der Waals surface area contributed by atoms with Gasteiger partial charge in [-0.3, -0.25) is 4.79 Å². The Bertz CT molecular complexity index is 574. The van der Waals surface area contributed by atoms with Gasteiger partial charge in [0, 0.05) is 21.2 Å². The fourth-order valence-electron chi connectivity index (χ4n) is 2.09. The average Bonchev–Trinajstić information content (AvgIpc) is 2.88. The van der Waals surface area contributed by atoms with E-state index in [0.29, 0.717) is 15.4 Å². The smallest absolute Gasteiger partial charge is 0.214 e. The van der Waals surface area contributed by atoms with Crippen LogP contribution >= 0.6 is 63.0 Å². The minimum atomic E-state index is 0.117. The highest BCUT2D eigenvalue weighted by Gasteiger charge is 2.38. The highest BCUT2D eigenvalue weighted by molar-refractivity contribution is 9.10. The van der Waals surface area contributed by atoms with Crippen molar-refractivity contribution >= 4 is 68.1 Å². The molecule has 1 heterocycles. The predicted octanol–water partition coefficient (Wildman–Crippen LogP) is 6.39. The van der Waals surface area contributed by atoms with E-state index in [2.05, 4.69) is 60.6 Å². The van der Waals surface area contributed by atoms with Crippen molar-refractivity contribution in [3.8, 4) is 0 Å². The third-order valence-electron chi connectivity index (χ3n) is 3.39. The van der Waals surface area contributed by atoms with Crippen molar-refractivity contribution < 1.29 is 4.79 Å². The second-order valence-electron chi connectivity index (χ2n) is 5.64. The molecule has 3 unspecified atom stereocenters. The molecule has 1 saturated heterocycles. The number of hydrogen-bond donors (Lipinski definition) is 0. The molecule has 0 aliphatic carbocycles. The first-order chi connectivity index (χ1) is 10.8. The van der Waals surface area contributed by atoms with Crippen LogP contribution in [0.3, 0.4) is 0 Å². The maximum atomic E-state index is 11.7. The Hall–Kier alpha value is 0.510. The van der Waals surface area contributed by atoms with Crippen LogP contribution in [0.4, 0.5) is 0 Å². The Morgan fingerprint density at radius 2 is 2.13 bits per heavy atom. The van der Waals surface area contributed by atoms with Gasteiger partial charge in [-0.15, -0.1) is 35.3 Å². The van der Waals surface area contributed by atoms with E-state index in [4.69, 9.17) is 0 Å². The fourth-order valence-corrected chi connectivity index (χ4v) is 8.61. The van der Waals surface area contributed by atoms with Crippen LogP contribution in [0.5, 0.6) is 0 Å². The highest BCUT2D eigenvalue weighted by atomic mass is 79.9. The van der Waals surface area contributed by atoms with Gasteiger partial charge in [0.05, 0.1) is 8.66 Å². The lowest BCUT2D eigenvalue weighted by Gasteiger charge is -2.23. The normalized spacial score (nSPS) is 25.3. The molecule has 0 radical (unpaired) electrons. The van der Waals surface area contributed by atoms with Crippen LogP contribution in [0.25, 0.3) is 0 Å². The molecule has 1 aliphatic rings. The lowest BCUT2D eigenvalue weighted by atomic mass is 10.2. The van der Waals surface area contributed by atoms with Crippen LogP contribution in [0, 0.1) is 0 Å². The number of carbonyl (C=O) groups is 1. The minimum Gasteiger partial charge on any atom is -0.282 e. The molecule has 0 saturated carbocycles. The molecular formula is C17H21BrOS4. The van der Waals surface area contributed by atoms with Crippen molar-refractivity contribution in [2.75, 3.05) is 11.5 Å². The van der Waals surface area contributed by atoms with E-state index in [1.807, 2.05) is 35.3 Å². The van der Waals surface area contributed by atoms with Gasteiger partial charge in [-0.05, 0) is 37.1 Å². The first-order valence-corrected chi connectivity index (χ1v) is 11.9. The van der Waals surface area contributed by atoms with Gasteiger partial charge in [-0.1, -0.05) is 53.3 Å². The molecule has 3 atom stereocenters. The van der Waals surface area contributed by atoms with E-state index in [-0.39, 0.29) is 9.19 Å². The number of carbonyl (C=O) groups excluding carboxylic acids is 1. The van der Waals surface area contributed by atoms with E-state index in [1.165, 1.54) is 17.3 Å². The SMILES string of the molecule is C=C(C)C(=O)SC(C)CSC1CSC(C)(c2ccc(Br)cc2)S1. The van der Waals surface area contributed by atoms with Crippen molar-refractivity contribution in [3.63, 3.8) is 0 Å². The summed E-state index contributed by atoms with van der Waals surface area (Å²) in [6.45, 7) is 9.94. The topological polar surface area (TPSA) is 17.1 Å². The van der Waals surface area contributed by atoms with E-state index >= 15 is 0 Å². The molecule has 6 heteroatoms. The Labute approximate surface area is 164 Å². The van der Waals surface area contributed by atoms with Crippen molar-refractivity contribution in [2.24, 2.45) is 0 Å². The average molecular weight is 450 g/mol. The third kappa shape index (κ3) is 5.77. The van der Waals surface area contributed by atoms with E-state index < -0.39 is 0 Å². The first kappa shape index (κ1) is 19.8. The number of hydrogen-bond acceptors (Lipinski definition) is 5. The molecule has 0 amide bonds. The Morgan fingerprint density at radius 1 is 1.48 bits per heavy atom. The van der Waals surface area contributed by atoms with Gasteiger partial charge in [0.1, 0.15) is 0 Å². The van der Waals surface area contributed by atoms with Crippen LogP contribution in [0.15, 0.2) is 40.9 Å². The summed E-state index contributed by atoms with van der Waals surface area (Å²) in [5, 5.41) is 0.445. The van der Waals surface area contributed by atoms with Crippen LogP contribution < -0.4 is 0 Å². The quantitative estimate of drug-likeness (QED) is 0.467. The molecule has 0 bridgehead atoms. The van der Waals surface area contributed by atoms with Gasteiger partial charge in [-0.2, -0.15) is 0 Å². The molecule has 0 aromatic heterocycles. The standard InChI is InChI=1S/C17H21BrOS4/c1-11(2)16(19)22-12(3)9-20-15-10-21-17(4,23-15)13-5-7-14(18)8-6-13/h5-8,12,15H,1,9-10H2,2-4H3. The first-order valence-electron chi connectivity index (χ1n) is 7.36. The van der Waals surface area contributed by atoms with E-state index in [1.54, 1.807) is 6.92 Å². The van der Waals surface area contributed by atoms with E-state index in [0.717, 1.165) is 16.0 Å². The zero-order valence-electron chi connectivity index (χ0n) is 13.5. The summed E-state index contributed by atoms with van der Waals surface area (Å²) in [5.74, 6) is 2.14. The molecule has 0 spiro atoms.